The summed E-state index contributed by atoms with van der Waals surface area (Å²) in [5, 5.41) is 3.27. The highest BCUT2D eigenvalue weighted by atomic mass is 16.1. The average Bonchev–Trinajstić information content (AvgIpc) is 2.50. The minimum Gasteiger partial charge on any atom is -0.316 e. The molecule has 0 aromatic heterocycles. The molecule has 0 aromatic carbocycles. The van der Waals surface area contributed by atoms with Crippen LogP contribution in [0.2, 0.25) is 0 Å². The standard InChI is InChI=1S/C8H12N2O/c11-7-10-4-1-2-8-3-5-9-6-8/h1,4,8-9H,2-3,5-6H2/b4-1-. The Labute approximate surface area is 66.2 Å². The van der Waals surface area contributed by atoms with Crippen molar-refractivity contribution in [3.63, 3.8) is 0 Å². The Balaban J connectivity index is 2.15. The summed E-state index contributed by atoms with van der Waals surface area (Å²) in [5.74, 6) is 0.730. The molecule has 60 valence electrons. The molecule has 1 aliphatic rings. The summed E-state index contributed by atoms with van der Waals surface area (Å²) in [5.41, 5.74) is 0. The van der Waals surface area contributed by atoms with E-state index in [-0.39, 0.29) is 0 Å². The fourth-order valence-corrected chi connectivity index (χ4v) is 1.25. The van der Waals surface area contributed by atoms with Crippen LogP contribution < -0.4 is 5.32 Å². The van der Waals surface area contributed by atoms with Crippen molar-refractivity contribution in [1.29, 1.82) is 0 Å². The molecule has 0 saturated carbocycles. The molecule has 1 fully saturated rings. The minimum atomic E-state index is 0.730. The van der Waals surface area contributed by atoms with Crippen LogP contribution in [0.5, 0.6) is 0 Å². The quantitative estimate of drug-likeness (QED) is 0.481. The first-order valence-electron chi connectivity index (χ1n) is 3.86. The van der Waals surface area contributed by atoms with E-state index in [1.54, 1.807) is 0 Å². The van der Waals surface area contributed by atoms with Crippen LogP contribution in [0.1, 0.15) is 12.8 Å². The van der Waals surface area contributed by atoms with Crippen LogP contribution in [0, 0.1) is 5.92 Å². The summed E-state index contributed by atoms with van der Waals surface area (Å²) in [7, 11) is 0. The predicted molar refractivity (Wildman–Crippen MR) is 42.9 cm³/mol. The second-order valence-corrected chi connectivity index (χ2v) is 2.70. The van der Waals surface area contributed by atoms with Crippen molar-refractivity contribution in [2.24, 2.45) is 10.9 Å². The van der Waals surface area contributed by atoms with E-state index in [9.17, 15) is 4.79 Å². The van der Waals surface area contributed by atoms with Gasteiger partial charge < -0.3 is 5.32 Å². The van der Waals surface area contributed by atoms with E-state index in [4.69, 9.17) is 0 Å². The zero-order chi connectivity index (χ0) is 7.94. The molecule has 1 atom stereocenters. The number of hydrogen-bond donors (Lipinski definition) is 1. The number of hydrogen-bond acceptors (Lipinski definition) is 3. The molecule has 3 nitrogen and oxygen atoms in total. The van der Waals surface area contributed by atoms with Crippen LogP contribution in [0.4, 0.5) is 0 Å². The van der Waals surface area contributed by atoms with Crippen molar-refractivity contribution in [3.05, 3.63) is 12.3 Å². The van der Waals surface area contributed by atoms with Crippen LogP contribution >= 0.6 is 0 Å². The van der Waals surface area contributed by atoms with Crippen molar-refractivity contribution in [3.8, 4) is 0 Å². The number of allylic oxidation sites excluding steroid dienone is 1. The van der Waals surface area contributed by atoms with E-state index in [0.717, 1.165) is 25.4 Å². The maximum atomic E-state index is 9.65. The monoisotopic (exact) mass is 152 g/mol. The van der Waals surface area contributed by atoms with Crippen LogP contribution in [0.15, 0.2) is 17.3 Å². The van der Waals surface area contributed by atoms with E-state index in [1.807, 2.05) is 6.08 Å². The van der Waals surface area contributed by atoms with Gasteiger partial charge in [-0.15, -0.1) is 0 Å². The van der Waals surface area contributed by atoms with Crippen molar-refractivity contribution in [1.82, 2.24) is 5.32 Å². The van der Waals surface area contributed by atoms with Gasteiger partial charge in [0.2, 0.25) is 6.08 Å². The van der Waals surface area contributed by atoms with Gasteiger partial charge in [0, 0.05) is 6.20 Å². The second-order valence-electron chi connectivity index (χ2n) is 2.70. The number of carbonyl (C=O) groups excluding carboxylic acids is 1. The van der Waals surface area contributed by atoms with Gasteiger partial charge in [-0.1, -0.05) is 6.08 Å². The molecule has 1 heterocycles. The van der Waals surface area contributed by atoms with Crippen LogP contribution in [0.3, 0.4) is 0 Å². The Kier molecular flexibility index (Phi) is 3.59. The molecular weight excluding hydrogens is 140 g/mol. The highest BCUT2D eigenvalue weighted by Gasteiger charge is 2.11. The Morgan fingerprint density at radius 3 is 3.27 bits per heavy atom. The molecule has 1 unspecified atom stereocenters. The smallest absolute Gasteiger partial charge is 0.239 e. The molecular formula is C8H12N2O. The van der Waals surface area contributed by atoms with E-state index >= 15 is 0 Å². The van der Waals surface area contributed by atoms with Gasteiger partial charge in [0.15, 0.2) is 0 Å². The summed E-state index contributed by atoms with van der Waals surface area (Å²) in [6.07, 6.45) is 7.15. The number of isocyanates is 1. The minimum absolute atomic E-state index is 0.730. The third-order valence-electron chi connectivity index (χ3n) is 1.86. The van der Waals surface area contributed by atoms with Crippen molar-refractivity contribution in [2.75, 3.05) is 13.1 Å². The first kappa shape index (κ1) is 8.18. The zero-order valence-electron chi connectivity index (χ0n) is 6.42. The molecule has 0 bridgehead atoms. The third kappa shape index (κ3) is 3.12. The van der Waals surface area contributed by atoms with Crippen LogP contribution in [0.25, 0.3) is 0 Å². The highest BCUT2D eigenvalue weighted by Crippen LogP contribution is 2.11. The van der Waals surface area contributed by atoms with Gasteiger partial charge in [0.25, 0.3) is 0 Å². The fourth-order valence-electron chi connectivity index (χ4n) is 1.25. The molecule has 1 rings (SSSR count). The van der Waals surface area contributed by atoms with Gasteiger partial charge in [-0.05, 0) is 31.8 Å². The molecule has 0 radical (unpaired) electrons. The fraction of sp³-hybridized carbons (Fsp3) is 0.625. The summed E-state index contributed by atoms with van der Waals surface area (Å²) in [4.78, 5) is 13.0. The molecule has 1 N–H and O–H groups in total. The number of nitrogens with zero attached hydrogens (tertiary/aromatic N) is 1. The second kappa shape index (κ2) is 4.83. The van der Waals surface area contributed by atoms with Gasteiger partial charge in [-0.2, -0.15) is 4.99 Å². The summed E-state index contributed by atoms with van der Waals surface area (Å²) in [6.45, 7) is 2.21. The molecule has 0 aliphatic carbocycles. The Bertz CT molecular complexity index is 177. The number of rotatable bonds is 3. The SMILES string of the molecule is O=C=N/C=C\CC1CCNC1. The van der Waals surface area contributed by atoms with Crippen LogP contribution in [-0.4, -0.2) is 19.2 Å². The number of nitrogens with one attached hydrogen (secondary N) is 1. The average molecular weight is 152 g/mol. The first-order valence-corrected chi connectivity index (χ1v) is 3.86. The van der Waals surface area contributed by atoms with Crippen molar-refractivity contribution < 1.29 is 4.79 Å². The Hall–Kier alpha value is -0.920. The Morgan fingerprint density at radius 2 is 2.64 bits per heavy atom. The highest BCUT2D eigenvalue weighted by molar-refractivity contribution is 5.34. The summed E-state index contributed by atoms with van der Waals surface area (Å²) >= 11 is 0. The molecule has 0 amide bonds. The van der Waals surface area contributed by atoms with Crippen molar-refractivity contribution >= 4 is 6.08 Å². The van der Waals surface area contributed by atoms with Gasteiger partial charge in [-0.25, -0.2) is 4.79 Å². The topological polar surface area (TPSA) is 41.5 Å². The van der Waals surface area contributed by atoms with Crippen molar-refractivity contribution in [2.45, 2.75) is 12.8 Å². The Morgan fingerprint density at radius 1 is 1.73 bits per heavy atom. The maximum absolute atomic E-state index is 9.65. The summed E-state index contributed by atoms with van der Waals surface area (Å²) in [6, 6.07) is 0. The van der Waals surface area contributed by atoms with Gasteiger partial charge in [0.1, 0.15) is 0 Å². The summed E-state index contributed by atoms with van der Waals surface area (Å²) < 4.78 is 0. The zero-order valence-corrected chi connectivity index (χ0v) is 6.42. The lowest BCUT2D eigenvalue weighted by atomic mass is 10.1. The lowest BCUT2D eigenvalue weighted by Gasteiger charge is -2.00. The third-order valence-corrected chi connectivity index (χ3v) is 1.86. The molecule has 1 saturated heterocycles. The lowest BCUT2D eigenvalue weighted by Crippen LogP contribution is -2.08. The molecule has 0 spiro atoms. The van der Waals surface area contributed by atoms with Crippen LogP contribution in [-0.2, 0) is 4.79 Å². The molecule has 3 heteroatoms. The van der Waals surface area contributed by atoms with Gasteiger partial charge in [0.05, 0.1) is 0 Å². The molecule has 1 aliphatic heterocycles. The van der Waals surface area contributed by atoms with Gasteiger partial charge in [-0.3, -0.25) is 0 Å². The van der Waals surface area contributed by atoms with E-state index in [0.29, 0.717) is 0 Å². The predicted octanol–water partition coefficient (Wildman–Crippen LogP) is 0.835. The first-order chi connectivity index (χ1) is 5.43. The maximum Gasteiger partial charge on any atom is 0.239 e. The normalized spacial score (nSPS) is 23.8. The van der Waals surface area contributed by atoms with Gasteiger partial charge >= 0.3 is 0 Å². The van der Waals surface area contributed by atoms with E-state index < -0.39 is 0 Å². The lowest BCUT2D eigenvalue weighted by molar-refractivity contribution is 0.565. The van der Waals surface area contributed by atoms with E-state index in [1.165, 1.54) is 18.7 Å². The largest absolute Gasteiger partial charge is 0.316 e. The number of aliphatic imine (C=N–C) groups is 1. The van der Waals surface area contributed by atoms with E-state index in [2.05, 4.69) is 10.3 Å². The molecule has 0 aromatic rings. The molecule has 11 heavy (non-hydrogen) atoms.